The third-order valence-electron chi connectivity index (χ3n) is 5.19. The average Bonchev–Trinajstić information content (AvgIpc) is 2.64. The zero-order valence-corrected chi connectivity index (χ0v) is 14.6. The lowest BCUT2D eigenvalue weighted by atomic mass is 9.86. The first-order valence-corrected chi connectivity index (χ1v) is 8.70. The summed E-state index contributed by atoms with van der Waals surface area (Å²) in [5.74, 6) is 0. The second-order valence-electron chi connectivity index (χ2n) is 6.59. The van der Waals surface area contributed by atoms with Crippen LogP contribution in [0.3, 0.4) is 0 Å². The molecule has 4 aromatic rings. The molecule has 0 aromatic heterocycles. The first-order chi connectivity index (χ1) is 11.7. The maximum absolute atomic E-state index is 2.37. The normalized spacial score (nSPS) is 11.3. The number of hydrogen-bond acceptors (Lipinski definition) is 0. The summed E-state index contributed by atoms with van der Waals surface area (Å²) in [7, 11) is 0. The highest BCUT2D eigenvalue weighted by Gasteiger charge is 2.14. The molecule has 0 nitrogen and oxygen atoms in total. The van der Waals surface area contributed by atoms with E-state index in [2.05, 4.69) is 87.5 Å². The highest BCUT2D eigenvalue weighted by molar-refractivity contribution is 6.03. The number of rotatable bonds is 2. The highest BCUT2D eigenvalue weighted by atomic mass is 14.2. The van der Waals surface area contributed by atoms with Crippen LogP contribution >= 0.6 is 0 Å². The minimum atomic E-state index is 1.05. The fraction of sp³-hybridized carbons (Fsp3) is 0.167. The topological polar surface area (TPSA) is 0 Å². The van der Waals surface area contributed by atoms with E-state index in [0.29, 0.717) is 0 Å². The zero-order valence-electron chi connectivity index (χ0n) is 14.6. The first-order valence-electron chi connectivity index (χ1n) is 8.70. The van der Waals surface area contributed by atoms with E-state index in [4.69, 9.17) is 0 Å². The van der Waals surface area contributed by atoms with Crippen LogP contribution in [0.4, 0.5) is 0 Å². The van der Waals surface area contributed by atoms with Crippen molar-refractivity contribution in [3.63, 3.8) is 0 Å². The van der Waals surface area contributed by atoms with Crippen molar-refractivity contribution in [2.75, 3.05) is 0 Å². The monoisotopic (exact) mass is 310 g/mol. The lowest BCUT2D eigenvalue weighted by Crippen LogP contribution is -1.94. The van der Waals surface area contributed by atoms with Crippen molar-refractivity contribution in [2.24, 2.45) is 0 Å². The summed E-state index contributed by atoms with van der Waals surface area (Å²) in [6.45, 7) is 6.73. The summed E-state index contributed by atoms with van der Waals surface area (Å²) in [6, 6.07) is 24.4. The third kappa shape index (κ3) is 2.22. The number of fused-ring (bicyclic) bond motifs is 2. The Morgan fingerprint density at radius 1 is 0.708 bits per heavy atom. The summed E-state index contributed by atoms with van der Waals surface area (Å²) in [5.41, 5.74) is 6.93. The van der Waals surface area contributed by atoms with Crippen molar-refractivity contribution in [1.29, 1.82) is 0 Å². The average molecular weight is 310 g/mol. The molecule has 0 fully saturated rings. The fourth-order valence-corrected chi connectivity index (χ4v) is 3.89. The van der Waals surface area contributed by atoms with E-state index in [-0.39, 0.29) is 0 Å². The minimum Gasteiger partial charge on any atom is -0.0616 e. The van der Waals surface area contributed by atoms with Crippen molar-refractivity contribution >= 4 is 21.5 Å². The van der Waals surface area contributed by atoms with E-state index < -0.39 is 0 Å². The van der Waals surface area contributed by atoms with Gasteiger partial charge in [0.15, 0.2) is 0 Å². The van der Waals surface area contributed by atoms with E-state index >= 15 is 0 Å². The van der Waals surface area contributed by atoms with Crippen LogP contribution in [0.1, 0.15) is 23.6 Å². The van der Waals surface area contributed by atoms with Crippen LogP contribution in [0.2, 0.25) is 0 Å². The van der Waals surface area contributed by atoms with Gasteiger partial charge in [0.1, 0.15) is 0 Å². The van der Waals surface area contributed by atoms with Crippen molar-refractivity contribution in [3.8, 4) is 11.1 Å². The second kappa shape index (κ2) is 5.79. The van der Waals surface area contributed by atoms with Gasteiger partial charge in [0, 0.05) is 0 Å². The molecule has 0 aliphatic carbocycles. The molecule has 24 heavy (non-hydrogen) atoms. The van der Waals surface area contributed by atoms with Crippen molar-refractivity contribution in [2.45, 2.75) is 27.2 Å². The smallest absolute Gasteiger partial charge is 0.00704 e. The molecule has 0 heteroatoms. The van der Waals surface area contributed by atoms with Crippen LogP contribution in [0.5, 0.6) is 0 Å². The zero-order chi connectivity index (χ0) is 16.7. The molecule has 4 rings (SSSR count). The van der Waals surface area contributed by atoms with E-state index in [1.54, 1.807) is 0 Å². The maximum Gasteiger partial charge on any atom is -0.00704 e. The Hall–Kier alpha value is -2.60. The Morgan fingerprint density at radius 2 is 1.38 bits per heavy atom. The Kier molecular flexibility index (Phi) is 3.61. The first kappa shape index (κ1) is 15.0. The lowest BCUT2D eigenvalue weighted by Gasteiger charge is -2.17. The molecule has 0 spiro atoms. The lowest BCUT2D eigenvalue weighted by molar-refractivity contribution is 1.15. The molecular weight excluding hydrogens is 288 g/mol. The molecule has 0 bridgehead atoms. The molecular formula is C24H22. The van der Waals surface area contributed by atoms with E-state index in [9.17, 15) is 0 Å². The number of hydrogen-bond donors (Lipinski definition) is 0. The Bertz CT molecular complexity index is 1050. The maximum atomic E-state index is 2.37. The van der Waals surface area contributed by atoms with Crippen LogP contribution < -0.4 is 0 Å². The molecule has 0 aliphatic heterocycles. The SMILES string of the molecule is CCc1ccc2ccccc2c1-c1cc(C)c2ccccc2c1C. The van der Waals surface area contributed by atoms with E-state index in [1.807, 2.05) is 0 Å². The van der Waals surface area contributed by atoms with Crippen LogP contribution in [-0.4, -0.2) is 0 Å². The van der Waals surface area contributed by atoms with Gasteiger partial charge in [0.2, 0.25) is 0 Å². The van der Waals surface area contributed by atoms with Crippen molar-refractivity contribution < 1.29 is 0 Å². The molecule has 0 saturated heterocycles. The Balaban J connectivity index is 2.15. The predicted octanol–water partition coefficient (Wildman–Crippen LogP) is 6.84. The molecule has 0 radical (unpaired) electrons. The third-order valence-corrected chi connectivity index (χ3v) is 5.19. The molecule has 0 heterocycles. The number of aryl methyl sites for hydroxylation is 3. The molecule has 0 unspecified atom stereocenters. The van der Waals surface area contributed by atoms with Crippen LogP contribution in [0.15, 0.2) is 66.7 Å². The molecule has 0 N–H and O–H groups in total. The van der Waals surface area contributed by atoms with Gasteiger partial charge in [-0.25, -0.2) is 0 Å². The predicted molar refractivity (Wildman–Crippen MR) is 106 cm³/mol. The highest BCUT2D eigenvalue weighted by Crippen LogP contribution is 2.38. The van der Waals surface area contributed by atoms with E-state index in [0.717, 1.165) is 6.42 Å². The van der Waals surface area contributed by atoms with Crippen LogP contribution in [0, 0.1) is 13.8 Å². The van der Waals surface area contributed by atoms with Gasteiger partial charge in [-0.15, -0.1) is 0 Å². The molecule has 0 atom stereocenters. The van der Waals surface area contributed by atoms with Gasteiger partial charge in [-0.05, 0) is 69.6 Å². The summed E-state index contributed by atoms with van der Waals surface area (Å²) in [5, 5.41) is 5.39. The Labute approximate surface area is 143 Å². The molecule has 0 saturated carbocycles. The molecule has 0 amide bonds. The van der Waals surface area contributed by atoms with Crippen molar-refractivity contribution in [3.05, 3.63) is 83.4 Å². The quantitative estimate of drug-likeness (QED) is 0.380. The molecule has 4 aromatic carbocycles. The Morgan fingerprint density at radius 3 is 2.12 bits per heavy atom. The van der Waals surface area contributed by atoms with E-state index in [1.165, 1.54) is 49.4 Å². The van der Waals surface area contributed by atoms with Gasteiger partial charge >= 0.3 is 0 Å². The summed E-state index contributed by atoms with van der Waals surface area (Å²) < 4.78 is 0. The second-order valence-corrected chi connectivity index (χ2v) is 6.59. The van der Waals surface area contributed by atoms with Gasteiger partial charge in [-0.3, -0.25) is 0 Å². The summed E-state index contributed by atoms with van der Waals surface area (Å²) in [6.07, 6.45) is 1.05. The van der Waals surface area contributed by atoms with Gasteiger partial charge in [-0.1, -0.05) is 73.7 Å². The molecule has 0 aliphatic rings. The van der Waals surface area contributed by atoms with Crippen molar-refractivity contribution in [1.82, 2.24) is 0 Å². The standard InChI is InChI=1S/C24H22/c1-4-18-13-14-19-9-5-6-12-22(19)24(18)23-15-16(2)20-10-7-8-11-21(20)17(23)3/h5-15H,4H2,1-3H3. The summed E-state index contributed by atoms with van der Waals surface area (Å²) >= 11 is 0. The fourth-order valence-electron chi connectivity index (χ4n) is 3.89. The largest absolute Gasteiger partial charge is 0.0616 e. The van der Waals surface area contributed by atoms with Gasteiger partial charge in [0.25, 0.3) is 0 Å². The van der Waals surface area contributed by atoms with Gasteiger partial charge in [-0.2, -0.15) is 0 Å². The number of benzene rings is 4. The van der Waals surface area contributed by atoms with Crippen LogP contribution in [0.25, 0.3) is 32.7 Å². The van der Waals surface area contributed by atoms with Gasteiger partial charge < -0.3 is 0 Å². The van der Waals surface area contributed by atoms with Gasteiger partial charge in [0.05, 0.1) is 0 Å². The minimum absolute atomic E-state index is 1.05. The molecule has 118 valence electrons. The van der Waals surface area contributed by atoms with Crippen LogP contribution in [-0.2, 0) is 6.42 Å². The summed E-state index contributed by atoms with van der Waals surface area (Å²) in [4.78, 5) is 0.